The highest BCUT2D eigenvalue weighted by atomic mass is 35.5. The summed E-state index contributed by atoms with van der Waals surface area (Å²) in [7, 11) is 0. The van der Waals surface area contributed by atoms with Crippen LogP contribution in [-0.4, -0.2) is 9.55 Å². The average molecular weight is 320 g/mol. The molecular weight excluding hydrogens is 305 g/mol. The van der Waals surface area contributed by atoms with Crippen LogP contribution < -0.4 is 5.73 Å². The van der Waals surface area contributed by atoms with Gasteiger partial charge in [-0.3, -0.25) is 0 Å². The number of hydrogen-bond acceptors (Lipinski definition) is 2. The van der Waals surface area contributed by atoms with Crippen molar-refractivity contribution in [2.45, 2.75) is 19.9 Å². The van der Waals surface area contributed by atoms with Gasteiger partial charge in [0.1, 0.15) is 5.82 Å². The molecule has 0 aliphatic rings. The van der Waals surface area contributed by atoms with Gasteiger partial charge in [0.05, 0.1) is 16.1 Å². The van der Waals surface area contributed by atoms with Gasteiger partial charge in [0.2, 0.25) is 0 Å². The second kappa shape index (κ2) is 5.24. The van der Waals surface area contributed by atoms with Gasteiger partial charge in [0, 0.05) is 22.3 Å². The molecule has 1 aromatic heterocycles. The molecule has 1 heterocycles. The van der Waals surface area contributed by atoms with Crippen LogP contribution in [0.2, 0.25) is 10.0 Å². The van der Waals surface area contributed by atoms with Crippen LogP contribution in [0.25, 0.3) is 22.4 Å². The summed E-state index contributed by atoms with van der Waals surface area (Å²) in [4.78, 5) is 4.71. The molecule has 0 spiro atoms. The van der Waals surface area contributed by atoms with Crippen molar-refractivity contribution in [2.24, 2.45) is 0 Å². The SMILES string of the molecule is CC(C)n1c(-c2cc(N)ccc2Cl)nc2ccc(Cl)cc21. The van der Waals surface area contributed by atoms with Crippen molar-refractivity contribution in [3.8, 4) is 11.4 Å². The second-order valence-electron chi connectivity index (χ2n) is 5.27. The Balaban J connectivity index is 2.36. The quantitative estimate of drug-likeness (QED) is 0.662. The molecule has 2 N–H and O–H groups in total. The smallest absolute Gasteiger partial charge is 0.142 e. The number of nitrogen functional groups attached to an aromatic ring is 1. The van der Waals surface area contributed by atoms with Crippen LogP contribution in [-0.2, 0) is 0 Å². The number of nitrogens with zero attached hydrogens (tertiary/aromatic N) is 2. The molecule has 0 atom stereocenters. The fraction of sp³-hybridized carbons (Fsp3) is 0.188. The lowest BCUT2D eigenvalue weighted by molar-refractivity contribution is 0.624. The van der Waals surface area contributed by atoms with E-state index in [1.54, 1.807) is 12.1 Å². The van der Waals surface area contributed by atoms with Gasteiger partial charge >= 0.3 is 0 Å². The molecule has 0 aliphatic carbocycles. The van der Waals surface area contributed by atoms with E-state index in [0.29, 0.717) is 15.7 Å². The number of aromatic nitrogens is 2. The van der Waals surface area contributed by atoms with Gasteiger partial charge in [-0.05, 0) is 50.2 Å². The first-order valence-electron chi connectivity index (χ1n) is 6.70. The van der Waals surface area contributed by atoms with Crippen molar-refractivity contribution in [1.82, 2.24) is 9.55 Å². The van der Waals surface area contributed by atoms with Crippen LogP contribution in [0.3, 0.4) is 0 Å². The third kappa shape index (κ3) is 2.47. The lowest BCUT2D eigenvalue weighted by Gasteiger charge is -2.14. The highest BCUT2D eigenvalue weighted by Gasteiger charge is 2.17. The third-order valence-corrected chi connectivity index (χ3v) is 3.96. The van der Waals surface area contributed by atoms with E-state index in [1.807, 2.05) is 24.3 Å². The molecule has 3 aromatic rings. The Morgan fingerprint density at radius 3 is 2.57 bits per heavy atom. The topological polar surface area (TPSA) is 43.8 Å². The number of rotatable bonds is 2. The Labute approximate surface area is 133 Å². The summed E-state index contributed by atoms with van der Waals surface area (Å²) in [6.07, 6.45) is 0. The third-order valence-electron chi connectivity index (χ3n) is 3.40. The summed E-state index contributed by atoms with van der Waals surface area (Å²) in [6.45, 7) is 4.21. The summed E-state index contributed by atoms with van der Waals surface area (Å²) in [5.41, 5.74) is 9.27. The fourth-order valence-electron chi connectivity index (χ4n) is 2.49. The molecular formula is C16H15Cl2N3. The van der Waals surface area contributed by atoms with Crippen LogP contribution in [0, 0.1) is 0 Å². The maximum absolute atomic E-state index is 6.33. The van der Waals surface area contributed by atoms with Gasteiger partial charge in [-0.15, -0.1) is 0 Å². The molecule has 0 bridgehead atoms. The second-order valence-corrected chi connectivity index (χ2v) is 6.12. The van der Waals surface area contributed by atoms with Gasteiger partial charge in [-0.1, -0.05) is 23.2 Å². The van der Waals surface area contributed by atoms with E-state index >= 15 is 0 Å². The Morgan fingerprint density at radius 2 is 1.86 bits per heavy atom. The van der Waals surface area contributed by atoms with Crippen molar-refractivity contribution >= 4 is 39.9 Å². The maximum atomic E-state index is 6.33. The molecule has 0 aliphatic heterocycles. The number of fused-ring (bicyclic) bond motifs is 1. The number of anilines is 1. The zero-order valence-corrected chi connectivity index (χ0v) is 13.3. The minimum atomic E-state index is 0.223. The Bertz CT molecular complexity index is 822. The molecule has 2 aromatic carbocycles. The van der Waals surface area contributed by atoms with Crippen molar-refractivity contribution < 1.29 is 0 Å². The van der Waals surface area contributed by atoms with Gasteiger partial charge in [0.25, 0.3) is 0 Å². The molecule has 0 radical (unpaired) electrons. The normalized spacial score (nSPS) is 11.5. The van der Waals surface area contributed by atoms with Crippen LogP contribution >= 0.6 is 23.2 Å². The number of imidazole rings is 1. The predicted molar refractivity (Wildman–Crippen MR) is 90.0 cm³/mol. The molecule has 0 unspecified atom stereocenters. The molecule has 0 saturated carbocycles. The van der Waals surface area contributed by atoms with E-state index in [9.17, 15) is 0 Å². The minimum absolute atomic E-state index is 0.223. The van der Waals surface area contributed by atoms with E-state index in [2.05, 4.69) is 18.4 Å². The largest absolute Gasteiger partial charge is 0.399 e. The first-order chi connectivity index (χ1) is 9.97. The molecule has 108 valence electrons. The fourth-order valence-corrected chi connectivity index (χ4v) is 2.86. The van der Waals surface area contributed by atoms with Crippen LogP contribution in [0.1, 0.15) is 19.9 Å². The number of nitrogens with two attached hydrogens (primary N) is 1. The highest BCUT2D eigenvalue weighted by Crippen LogP contribution is 2.34. The lowest BCUT2D eigenvalue weighted by Crippen LogP contribution is -2.03. The Hall–Kier alpha value is -1.71. The summed E-state index contributed by atoms with van der Waals surface area (Å²) in [6, 6.07) is 11.3. The van der Waals surface area contributed by atoms with E-state index in [0.717, 1.165) is 22.4 Å². The Morgan fingerprint density at radius 1 is 1.10 bits per heavy atom. The van der Waals surface area contributed by atoms with Gasteiger partial charge in [-0.2, -0.15) is 0 Å². The predicted octanol–water partition coefficient (Wildman–Crippen LogP) is 5.17. The van der Waals surface area contributed by atoms with Crippen LogP contribution in [0.5, 0.6) is 0 Å². The number of hydrogen-bond donors (Lipinski definition) is 1. The first kappa shape index (κ1) is 14.2. The summed E-state index contributed by atoms with van der Waals surface area (Å²) >= 11 is 12.5. The van der Waals surface area contributed by atoms with Gasteiger partial charge < -0.3 is 10.3 Å². The summed E-state index contributed by atoms with van der Waals surface area (Å²) in [5.74, 6) is 0.805. The lowest BCUT2D eigenvalue weighted by atomic mass is 10.2. The molecule has 5 heteroatoms. The minimum Gasteiger partial charge on any atom is -0.399 e. The zero-order valence-electron chi connectivity index (χ0n) is 11.8. The van der Waals surface area contributed by atoms with Crippen molar-refractivity contribution in [1.29, 1.82) is 0 Å². The highest BCUT2D eigenvalue weighted by molar-refractivity contribution is 6.33. The van der Waals surface area contributed by atoms with E-state index < -0.39 is 0 Å². The van der Waals surface area contributed by atoms with Gasteiger partial charge in [0.15, 0.2) is 0 Å². The zero-order chi connectivity index (χ0) is 15.1. The van der Waals surface area contributed by atoms with Gasteiger partial charge in [-0.25, -0.2) is 4.98 Å². The standard InChI is InChI=1S/C16H15Cl2N3/c1-9(2)21-15-7-10(17)3-6-14(15)20-16(21)12-8-11(19)4-5-13(12)18/h3-9H,19H2,1-2H3. The molecule has 0 saturated heterocycles. The molecule has 0 fully saturated rings. The monoisotopic (exact) mass is 319 g/mol. The average Bonchev–Trinajstić information content (AvgIpc) is 2.79. The van der Waals surface area contributed by atoms with E-state index in [1.165, 1.54) is 0 Å². The van der Waals surface area contributed by atoms with Crippen molar-refractivity contribution in [3.05, 3.63) is 46.4 Å². The van der Waals surface area contributed by atoms with Crippen LogP contribution in [0.15, 0.2) is 36.4 Å². The molecule has 3 rings (SSSR count). The Kier molecular flexibility index (Phi) is 3.56. The van der Waals surface area contributed by atoms with E-state index in [4.69, 9.17) is 33.9 Å². The van der Waals surface area contributed by atoms with Crippen molar-refractivity contribution in [2.75, 3.05) is 5.73 Å². The van der Waals surface area contributed by atoms with Crippen molar-refractivity contribution in [3.63, 3.8) is 0 Å². The van der Waals surface area contributed by atoms with Crippen LogP contribution in [0.4, 0.5) is 5.69 Å². The maximum Gasteiger partial charge on any atom is 0.142 e. The summed E-state index contributed by atoms with van der Waals surface area (Å²) in [5, 5.41) is 1.32. The van der Waals surface area contributed by atoms with E-state index in [-0.39, 0.29) is 6.04 Å². The number of benzene rings is 2. The first-order valence-corrected chi connectivity index (χ1v) is 7.46. The molecule has 3 nitrogen and oxygen atoms in total. The molecule has 0 amide bonds. The number of halogens is 2. The molecule has 21 heavy (non-hydrogen) atoms. The summed E-state index contributed by atoms with van der Waals surface area (Å²) < 4.78 is 2.13.